The van der Waals surface area contributed by atoms with Crippen molar-refractivity contribution in [2.24, 2.45) is 0 Å². The number of amides is 1. The molecule has 2 rings (SSSR count). The summed E-state index contributed by atoms with van der Waals surface area (Å²) in [6.45, 7) is 2.65. The number of aliphatic hydroxyl groups excluding tert-OH is 1. The van der Waals surface area contributed by atoms with Gasteiger partial charge in [-0.05, 0) is 24.6 Å². The van der Waals surface area contributed by atoms with Crippen molar-refractivity contribution in [2.75, 3.05) is 13.2 Å². The van der Waals surface area contributed by atoms with Crippen LogP contribution in [-0.2, 0) is 17.8 Å². The summed E-state index contributed by atoms with van der Waals surface area (Å²) >= 11 is 1.60. The van der Waals surface area contributed by atoms with E-state index in [-0.39, 0.29) is 19.1 Å². The van der Waals surface area contributed by atoms with Crippen LogP contribution >= 0.6 is 11.3 Å². The number of hydrogen-bond donors (Lipinski definition) is 2. The number of benzene rings is 1. The molecule has 112 valence electrons. The standard InChI is InChI=1S/C15H18N2O3S/c1-11-17-13(10-21-11)9-20-14-4-2-12(3-5-14)8-15(19)16-6-7-18/h2-5,10,18H,6-9H2,1H3,(H,16,19). The number of hydrogen-bond acceptors (Lipinski definition) is 5. The van der Waals surface area contributed by atoms with Gasteiger partial charge in [0.05, 0.1) is 23.7 Å². The second-order valence-electron chi connectivity index (χ2n) is 4.54. The third-order valence-electron chi connectivity index (χ3n) is 2.78. The van der Waals surface area contributed by atoms with Crippen LogP contribution in [-0.4, -0.2) is 29.1 Å². The number of nitrogens with zero attached hydrogens (tertiary/aromatic N) is 1. The molecule has 1 aromatic carbocycles. The van der Waals surface area contributed by atoms with Crippen molar-refractivity contribution in [1.82, 2.24) is 10.3 Å². The molecule has 2 N–H and O–H groups in total. The van der Waals surface area contributed by atoms with Gasteiger partial charge in [0.15, 0.2) is 0 Å². The van der Waals surface area contributed by atoms with Crippen LogP contribution in [0.25, 0.3) is 0 Å². The van der Waals surface area contributed by atoms with Crippen LogP contribution in [0, 0.1) is 6.92 Å². The Bertz CT molecular complexity index is 581. The molecule has 0 aliphatic carbocycles. The van der Waals surface area contributed by atoms with Gasteiger partial charge in [0, 0.05) is 11.9 Å². The quantitative estimate of drug-likeness (QED) is 0.816. The summed E-state index contributed by atoms with van der Waals surface area (Å²) in [6, 6.07) is 7.40. The molecule has 6 heteroatoms. The minimum absolute atomic E-state index is 0.0470. The Kier molecular flexibility index (Phi) is 5.71. The van der Waals surface area contributed by atoms with E-state index in [0.717, 1.165) is 22.0 Å². The lowest BCUT2D eigenvalue weighted by Gasteiger charge is -2.06. The predicted octanol–water partition coefficient (Wildman–Crippen LogP) is 1.68. The molecule has 21 heavy (non-hydrogen) atoms. The lowest BCUT2D eigenvalue weighted by molar-refractivity contribution is -0.120. The number of carbonyl (C=O) groups is 1. The first-order valence-electron chi connectivity index (χ1n) is 6.67. The molecule has 1 amide bonds. The number of nitrogens with one attached hydrogen (secondary N) is 1. The highest BCUT2D eigenvalue weighted by Gasteiger charge is 2.04. The average molecular weight is 306 g/mol. The van der Waals surface area contributed by atoms with E-state index in [1.165, 1.54) is 0 Å². The van der Waals surface area contributed by atoms with Gasteiger partial charge in [-0.2, -0.15) is 0 Å². The van der Waals surface area contributed by atoms with Gasteiger partial charge in [-0.15, -0.1) is 11.3 Å². The summed E-state index contributed by atoms with van der Waals surface area (Å²) in [5, 5.41) is 14.3. The highest BCUT2D eigenvalue weighted by molar-refractivity contribution is 7.09. The van der Waals surface area contributed by atoms with Crippen LogP contribution in [0.1, 0.15) is 16.3 Å². The third-order valence-corrected chi connectivity index (χ3v) is 3.60. The first-order valence-corrected chi connectivity index (χ1v) is 7.55. The van der Waals surface area contributed by atoms with Gasteiger partial charge in [0.25, 0.3) is 0 Å². The minimum atomic E-state index is -0.101. The van der Waals surface area contributed by atoms with E-state index in [2.05, 4.69) is 10.3 Å². The molecule has 0 aliphatic heterocycles. The molecular formula is C15H18N2O3S. The average Bonchev–Trinajstić information content (AvgIpc) is 2.90. The van der Waals surface area contributed by atoms with E-state index in [1.807, 2.05) is 36.6 Å². The van der Waals surface area contributed by atoms with E-state index in [4.69, 9.17) is 9.84 Å². The van der Waals surface area contributed by atoms with Crippen LogP contribution < -0.4 is 10.1 Å². The van der Waals surface area contributed by atoms with Gasteiger partial charge in [-0.25, -0.2) is 4.98 Å². The minimum Gasteiger partial charge on any atom is -0.487 e. The number of thiazole rings is 1. The third kappa shape index (κ3) is 5.17. The van der Waals surface area contributed by atoms with Crippen molar-refractivity contribution in [3.8, 4) is 5.75 Å². The second-order valence-corrected chi connectivity index (χ2v) is 5.60. The molecule has 0 fully saturated rings. The number of aromatic nitrogens is 1. The highest BCUT2D eigenvalue weighted by atomic mass is 32.1. The SMILES string of the molecule is Cc1nc(COc2ccc(CC(=O)NCCO)cc2)cs1. The summed E-state index contributed by atoms with van der Waals surface area (Å²) in [5.74, 6) is 0.649. The number of rotatable bonds is 7. The number of ether oxygens (including phenoxy) is 1. The van der Waals surface area contributed by atoms with Gasteiger partial charge in [0.2, 0.25) is 5.91 Å². The fraction of sp³-hybridized carbons (Fsp3) is 0.333. The summed E-state index contributed by atoms with van der Waals surface area (Å²) < 4.78 is 5.64. The van der Waals surface area contributed by atoms with E-state index in [1.54, 1.807) is 11.3 Å². The van der Waals surface area contributed by atoms with Crippen molar-refractivity contribution in [1.29, 1.82) is 0 Å². The van der Waals surface area contributed by atoms with E-state index in [9.17, 15) is 4.79 Å². The Morgan fingerprint density at radius 3 is 2.76 bits per heavy atom. The number of aliphatic hydroxyl groups is 1. The van der Waals surface area contributed by atoms with Gasteiger partial charge < -0.3 is 15.2 Å². The van der Waals surface area contributed by atoms with Crippen LogP contribution in [0.3, 0.4) is 0 Å². The summed E-state index contributed by atoms with van der Waals surface area (Å²) in [5.41, 5.74) is 1.83. The lowest BCUT2D eigenvalue weighted by atomic mass is 10.1. The van der Waals surface area contributed by atoms with Crippen LogP contribution in [0.4, 0.5) is 0 Å². The Labute approximate surface area is 127 Å². The Morgan fingerprint density at radius 2 is 2.14 bits per heavy atom. The first-order chi connectivity index (χ1) is 10.2. The topological polar surface area (TPSA) is 71.5 Å². The zero-order chi connectivity index (χ0) is 15.1. The smallest absolute Gasteiger partial charge is 0.224 e. The maximum absolute atomic E-state index is 11.5. The number of carbonyl (C=O) groups excluding carboxylic acids is 1. The Morgan fingerprint density at radius 1 is 1.38 bits per heavy atom. The van der Waals surface area contributed by atoms with Gasteiger partial charge >= 0.3 is 0 Å². The van der Waals surface area contributed by atoms with Crippen molar-refractivity contribution in [3.63, 3.8) is 0 Å². The first kappa shape index (κ1) is 15.5. The molecule has 2 aromatic rings. The van der Waals surface area contributed by atoms with Crippen molar-refractivity contribution in [3.05, 3.63) is 45.9 Å². The maximum Gasteiger partial charge on any atom is 0.224 e. The monoisotopic (exact) mass is 306 g/mol. The summed E-state index contributed by atoms with van der Waals surface area (Å²) in [7, 11) is 0. The van der Waals surface area contributed by atoms with E-state index in [0.29, 0.717) is 13.0 Å². The molecule has 0 atom stereocenters. The predicted molar refractivity (Wildman–Crippen MR) is 81.4 cm³/mol. The van der Waals surface area contributed by atoms with Gasteiger partial charge in [-0.3, -0.25) is 4.79 Å². The molecule has 0 aliphatic rings. The summed E-state index contributed by atoms with van der Waals surface area (Å²) in [6.07, 6.45) is 0.297. The molecule has 5 nitrogen and oxygen atoms in total. The molecule has 0 saturated carbocycles. The van der Waals surface area contributed by atoms with Crippen molar-refractivity contribution >= 4 is 17.2 Å². The molecule has 0 unspecified atom stereocenters. The van der Waals surface area contributed by atoms with Crippen LogP contribution in [0.15, 0.2) is 29.6 Å². The van der Waals surface area contributed by atoms with E-state index < -0.39 is 0 Å². The fourth-order valence-corrected chi connectivity index (χ4v) is 2.38. The molecule has 1 aromatic heterocycles. The number of aryl methyl sites for hydroxylation is 1. The molecule has 0 radical (unpaired) electrons. The maximum atomic E-state index is 11.5. The van der Waals surface area contributed by atoms with Crippen molar-refractivity contribution in [2.45, 2.75) is 20.0 Å². The fourth-order valence-electron chi connectivity index (χ4n) is 1.78. The Hall–Kier alpha value is -1.92. The second kappa shape index (κ2) is 7.75. The normalized spacial score (nSPS) is 10.4. The molecule has 0 saturated heterocycles. The van der Waals surface area contributed by atoms with E-state index >= 15 is 0 Å². The molecule has 1 heterocycles. The lowest BCUT2D eigenvalue weighted by Crippen LogP contribution is -2.27. The zero-order valence-electron chi connectivity index (χ0n) is 11.8. The van der Waals surface area contributed by atoms with Gasteiger partial charge in [0.1, 0.15) is 12.4 Å². The summed E-state index contributed by atoms with van der Waals surface area (Å²) in [4.78, 5) is 15.8. The highest BCUT2D eigenvalue weighted by Crippen LogP contribution is 2.15. The van der Waals surface area contributed by atoms with Crippen LogP contribution in [0.2, 0.25) is 0 Å². The molecule has 0 bridgehead atoms. The molecular weight excluding hydrogens is 288 g/mol. The largest absolute Gasteiger partial charge is 0.487 e. The molecule has 0 spiro atoms. The zero-order valence-corrected chi connectivity index (χ0v) is 12.7. The van der Waals surface area contributed by atoms with Crippen molar-refractivity contribution < 1.29 is 14.6 Å². The Balaban J connectivity index is 1.82. The van der Waals surface area contributed by atoms with Gasteiger partial charge in [-0.1, -0.05) is 12.1 Å². The van der Waals surface area contributed by atoms with Crippen LogP contribution in [0.5, 0.6) is 5.75 Å².